The van der Waals surface area contributed by atoms with Gasteiger partial charge in [0.15, 0.2) is 0 Å². The van der Waals surface area contributed by atoms with Gasteiger partial charge in [0.25, 0.3) is 0 Å². The quantitative estimate of drug-likeness (QED) is 0.0384. The number of aliphatic hydroxyl groups excluding tert-OH is 2. The first-order chi connectivity index (χ1) is 31.1. The lowest BCUT2D eigenvalue weighted by molar-refractivity contribution is -0.155. The van der Waals surface area contributed by atoms with Crippen molar-refractivity contribution in [3.63, 3.8) is 0 Å². The summed E-state index contributed by atoms with van der Waals surface area (Å²) >= 11 is 0. The molecule has 0 saturated carbocycles. The van der Waals surface area contributed by atoms with Crippen molar-refractivity contribution < 1.29 is 62.8 Å². The standard InChI is InChI=1S/C22H32O5.C12H16O3.C10H18O3.C6H10O.C2H4O/c1-5-6-7-8-13-24-14-15-25-16-17-26-20-11-9-19(10-12-20)18-21(23)27-22(2,3)4;1-12(2,3)15-11(14)8-9-4-6-10(13)7-5-9;1-2-3-4-5-7-12-9-10-13-8-6-11;1-2-3-4-5-6-7;1-2-3-1/h9-12H,7-8,13-18H2,1-4H3;4-7,13H,8H2,1-3H3;11H,4-10H2,1H3;1,7H,3-6H2;1-2H2. The summed E-state index contributed by atoms with van der Waals surface area (Å²) in [4.78, 5) is 23.2. The van der Waals surface area contributed by atoms with E-state index in [0.29, 0.717) is 52.9 Å². The van der Waals surface area contributed by atoms with Crippen LogP contribution in [0.4, 0.5) is 0 Å². The largest absolute Gasteiger partial charge is 0.508 e. The van der Waals surface area contributed by atoms with Crippen LogP contribution < -0.4 is 4.74 Å². The molecule has 1 aliphatic rings. The van der Waals surface area contributed by atoms with Gasteiger partial charge in [-0.25, -0.2) is 0 Å². The summed E-state index contributed by atoms with van der Waals surface area (Å²) in [6.45, 7) is 22.2. The van der Waals surface area contributed by atoms with Gasteiger partial charge >= 0.3 is 11.9 Å². The number of esters is 2. The molecule has 1 heterocycles. The topological polar surface area (TPSA) is 172 Å². The van der Waals surface area contributed by atoms with E-state index in [1.165, 1.54) is 0 Å². The van der Waals surface area contributed by atoms with Crippen LogP contribution in [0.2, 0.25) is 0 Å². The van der Waals surface area contributed by atoms with E-state index in [1.807, 2.05) is 79.7 Å². The van der Waals surface area contributed by atoms with Gasteiger partial charge in [-0.3, -0.25) is 9.59 Å². The second-order valence-electron chi connectivity index (χ2n) is 15.9. The Bertz CT molecular complexity index is 1590. The van der Waals surface area contributed by atoms with E-state index in [-0.39, 0.29) is 43.7 Å². The average Bonchev–Trinajstić information content (AvgIpc) is 4.14. The van der Waals surface area contributed by atoms with E-state index in [9.17, 15) is 9.59 Å². The number of aliphatic hydroxyl groups is 2. The lowest BCUT2D eigenvalue weighted by atomic mass is 10.1. The van der Waals surface area contributed by atoms with Crippen LogP contribution in [0, 0.1) is 36.0 Å². The molecule has 1 aliphatic heterocycles. The van der Waals surface area contributed by atoms with Crippen molar-refractivity contribution in [2.24, 2.45) is 0 Å². The van der Waals surface area contributed by atoms with Gasteiger partial charge in [-0.05, 0) is 116 Å². The molecule has 1 fully saturated rings. The van der Waals surface area contributed by atoms with Crippen LogP contribution in [0.1, 0.15) is 111 Å². The molecule has 1 saturated heterocycles. The zero-order valence-electron chi connectivity index (χ0n) is 40.7. The number of carbonyl (C=O) groups excluding carboxylic acids is 2. The second kappa shape index (κ2) is 43.3. The Kier molecular flexibility index (Phi) is 41.6. The van der Waals surface area contributed by atoms with Crippen LogP contribution in [0.15, 0.2) is 48.5 Å². The van der Waals surface area contributed by atoms with Crippen LogP contribution >= 0.6 is 0 Å². The summed E-state index contributed by atoms with van der Waals surface area (Å²) in [6, 6.07) is 14.0. The van der Waals surface area contributed by atoms with E-state index < -0.39 is 11.2 Å². The molecule has 0 amide bonds. The Morgan fingerprint density at radius 3 is 1.38 bits per heavy atom. The fourth-order valence-electron chi connectivity index (χ4n) is 4.45. The molecule has 366 valence electrons. The molecule has 0 spiro atoms. The second-order valence-corrected chi connectivity index (χ2v) is 15.9. The van der Waals surface area contributed by atoms with Gasteiger partial charge in [-0.2, -0.15) is 0 Å². The van der Waals surface area contributed by atoms with Crippen molar-refractivity contribution in [3.05, 3.63) is 59.7 Å². The zero-order valence-corrected chi connectivity index (χ0v) is 40.7. The fourth-order valence-corrected chi connectivity index (χ4v) is 4.45. The molecule has 0 bridgehead atoms. The van der Waals surface area contributed by atoms with E-state index in [4.69, 9.17) is 54.9 Å². The Morgan fingerprint density at radius 2 is 1.00 bits per heavy atom. The summed E-state index contributed by atoms with van der Waals surface area (Å²) in [5.41, 5.74) is 0.820. The highest BCUT2D eigenvalue weighted by molar-refractivity contribution is 5.73. The minimum atomic E-state index is -0.463. The van der Waals surface area contributed by atoms with E-state index >= 15 is 0 Å². The summed E-state index contributed by atoms with van der Waals surface area (Å²) < 4.78 is 41.8. The number of ether oxygens (including phenoxy) is 8. The zero-order chi connectivity index (χ0) is 48.9. The van der Waals surface area contributed by atoms with Crippen molar-refractivity contribution >= 4 is 11.9 Å². The monoisotopic (exact) mass is 913 g/mol. The number of hydrogen-bond donors (Lipinski definition) is 3. The number of phenolic OH excluding ortho intramolecular Hbond substituents is 1. The van der Waals surface area contributed by atoms with Crippen LogP contribution in [0.5, 0.6) is 11.5 Å². The Hall–Kier alpha value is -4.62. The van der Waals surface area contributed by atoms with Crippen LogP contribution in [-0.4, -0.2) is 124 Å². The van der Waals surface area contributed by atoms with Crippen molar-refractivity contribution in [1.29, 1.82) is 0 Å². The predicted molar refractivity (Wildman–Crippen MR) is 255 cm³/mol. The summed E-state index contributed by atoms with van der Waals surface area (Å²) in [7, 11) is 0. The van der Waals surface area contributed by atoms with Crippen LogP contribution in [-0.2, 0) is 55.6 Å². The Balaban J connectivity index is 0. The molecule has 2 aromatic carbocycles. The fraction of sp³-hybridized carbons (Fsp3) is 0.615. The summed E-state index contributed by atoms with van der Waals surface area (Å²) in [5.74, 6) is 14.6. The van der Waals surface area contributed by atoms with Crippen LogP contribution in [0.25, 0.3) is 0 Å². The molecule has 0 atom stereocenters. The number of hydrogen-bond acceptors (Lipinski definition) is 13. The van der Waals surface area contributed by atoms with Gasteiger partial charge in [-0.1, -0.05) is 24.3 Å². The molecule has 13 nitrogen and oxygen atoms in total. The summed E-state index contributed by atoms with van der Waals surface area (Å²) in [5, 5.41) is 25.7. The van der Waals surface area contributed by atoms with Crippen molar-refractivity contribution in [2.75, 3.05) is 85.9 Å². The lowest BCUT2D eigenvalue weighted by Gasteiger charge is -2.19. The first-order valence-electron chi connectivity index (χ1n) is 22.4. The molecule has 65 heavy (non-hydrogen) atoms. The van der Waals surface area contributed by atoms with E-state index in [1.54, 1.807) is 24.3 Å². The number of unbranched alkanes of at least 4 members (excludes halogenated alkanes) is 4. The third-order valence-electron chi connectivity index (χ3n) is 7.34. The van der Waals surface area contributed by atoms with Crippen molar-refractivity contribution in [1.82, 2.24) is 0 Å². The first kappa shape index (κ1) is 62.5. The number of rotatable bonds is 25. The third-order valence-corrected chi connectivity index (χ3v) is 7.34. The minimum Gasteiger partial charge on any atom is -0.508 e. The van der Waals surface area contributed by atoms with Gasteiger partial charge in [-0.15, -0.1) is 36.0 Å². The van der Waals surface area contributed by atoms with Gasteiger partial charge < -0.3 is 53.2 Å². The average molecular weight is 913 g/mol. The van der Waals surface area contributed by atoms with Gasteiger partial charge in [0.05, 0.1) is 72.3 Å². The van der Waals surface area contributed by atoms with E-state index in [2.05, 4.69) is 34.3 Å². The highest BCUT2D eigenvalue weighted by atomic mass is 16.6. The Labute approximate surface area is 391 Å². The van der Waals surface area contributed by atoms with Crippen molar-refractivity contribution in [3.8, 4) is 47.5 Å². The SMILES string of the molecule is C#CCCCCO.C1CO1.CC#CCCCOCCOCCO.CC#CCCCOCCOCCOc1ccc(CC(=O)OC(C)(C)C)cc1.CC(C)(C)OC(=O)Cc1ccc(O)cc1. The van der Waals surface area contributed by atoms with Gasteiger partial charge in [0, 0.05) is 39.1 Å². The van der Waals surface area contributed by atoms with Crippen molar-refractivity contribution in [2.45, 2.75) is 124 Å². The third kappa shape index (κ3) is 51.9. The number of carbonyl (C=O) groups is 2. The molecule has 13 heteroatoms. The smallest absolute Gasteiger partial charge is 0.310 e. The molecule has 2 aromatic rings. The van der Waals surface area contributed by atoms with Gasteiger partial charge in [0.2, 0.25) is 0 Å². The molecule has 0 radical (unpaired) electrons. The Morgan fingerprint density at radius 1 is 0.585 bits per heavy atom. The molecular weight excluding hydrogens is 833 g/mol. The number of benzene rings is 2. The molecular formula is C52H80O13. The maximum absolute atomic E-state index is 11.8. The molecule has 0 aromatic heterocycles. The molecule has 0 aliphatic carbocycles. The maximum Gasteiger partial charge on any atom is 0.310 e. The first-order valence-corrected chi connectivity index (χ1v) is 22.4. The minimum absolute atomic E-state index is 0.0755. The number of aromatic hydroxyl groups is 1. The molecule has 3 N–H and O–H groups in total. The lowest BCUT2D eigenvalue weighted by Crippen LogP contribution is -2.24. The normalized spacial score (nSPS) is 10.9. The number of phenols is 1. The number of epoxide rings is 1. The number of terminal acetylenes is 1. The highest BCUT2D eigenvalue weighted by Crippen LogP contribution is 2.15. The van der Waals surface area contributed by atoms with Gasteiger partial charge in [0.1, 0.15) is 29.3 Å². The maximum atomic E-state index is 11.8. The highest BCUT2D eigenvalue weighted by Gasteiger charge is 2.17. The van der Waals surface area contributed by atoms with E-state index in [0.717, 1.165) is 81.6 Å². The predicted octanol–water partition coefficient (Wildman–Crippen LogP) is 7.68. The molecule has 3 rings (SSSR count). The van der Waals surface area contributed by atoms with Crippen LogP contribution in [0.3, 0.4) is 0 Å². The summed E-state index contributed by atoms with van der Waals surface area (Å²) in [6.07, 6.45) is 11.7. The molecule has 0 unspecified atom stereocenters.